The van der Waals surface area contributed by atoms with Gasteiger partial charge in [0, 0.05) is 22.8 Å². The molecule has 2 heterocycles. The molecule has 2 aromatic heterocycles. The quantitative estimate of drug-likeness (QED) is 0.580. The Kier molecular flexibility index (Phi) is 4.33. The standard InChI is InChI=1S/C20H16N4OS/c1-14-12-21-20(26-14)22-19(25)17-13-24(16-10-6-3-7-11-16)23-18(17)15-8-4-2-5-9-15/h2-13H,1H3,(H,21,22,25). The molecule has 0 fully saturated rings. The highest BCUT2D eigenvalue weighted by atomic mass is 32.1. The van der Waals surface area contributed by atoms with E-state index in [4.69, 9.17) is 0 Å². The van der Waals surface area contributed by atoms with E-state index in [-0.39, 0.29) is 5.91 Å². The second-order valence-electron chi connectivity index (χ2n) is 5.77. The molecule has 6 heteroatoms. The van der Waals surface area contributed by atoms with Gasteiger partial charge in [0.1, 0.15) is 5.69 Å². The van der Waals surface area contributed by atoms with Crippen LogP contribution in [0.25, 0.3) is 16.9 Å². The maximum Gasteiger partial charge on any atom is 0.261 e. The number of carbonyl (C=O) groups excluding carboxylic acids is 1. The minimum absolute atomic E-state index is 0.222. The molecule has 0 atom stereocenters. The summed E-state index contributed by atoms with van der Waals surface area (Å²) in [6.45, 7) is 1.95. The summed E-state index contributed by atoms with van der Waals surface area (Å²) in [7, 11) is 0. The van der Waals surface area contributed by atoms with E-state index < -0.39 is 0 Å². The van der Waals surface area contributed by atoms with Crippen molar-refractivity contribution in [3.05, 3.63) is 83.5 Å². The summed E-state index contributed by atoms with van der Waals surface area (Å²) in [6, 6.07) is 19.4. The Balaban J connectivity index is 1.76. The van der Waals surface area contributed by atoms with Gasteiger partial charge in [0.25, 0.3) is 5.91 Å². The van der Waals surface area contributed by atoms with Gasteiger partial charge in [-0.25, -0.2) is 9.67 Å². The lowest BCUT2D eigenvalue weighted by Crippen LogP contribution is -2.12. The van der Waals surface area contributed by atoms with Gasteiger partial charge in [-0.2, -0.15) is 5.10 Å². The number of amides is 1. The van der Waals surface area contributed by atoms with Crippen LogP contribution in [0.3, 0.4) is 0 Å². The number of aromatic nitrogens is 3. The second kappa shape index (κ2) is 6.93. The number of aryl methyl sites for hydroxylation is 1. The molecule has 0 spiro atoms. The number of benzene rings is 2. The predicted octanol–water partition coefficient (Wildman–Crippen LogP) is 4.56. The van der Waals surface area contributed by atoms with Gasteiger partial charge in [0.05, 0.1) is 11.3 Å². The Morgan fingerprint density at radius 3 is 2.38 bits per heavy atom. The Morgan fingerprint density at radius 2 is 1.73 bits per heavy atom. The molecule has 1 N–H and O–H groups in total. The Labute approximate surface area is 155 Å². The molecule has 1 amide bonds. The van der Waals surface area contributed by atoms with Gasteiger partial charge >= 0.3 is 0 Å². The summed E-state index contributed by atoms with van der Waals surface area (Å²) in [5.41, 5.74) is 2.93. The van der Waals surface area contributed by atoms with Crippen LogP contribution in [0.2, 0.25) is 0 Å². The molecule has 0 unspecified atom stereocenters. The highest BCUT2D eigenvalue weighted by Crippen LogP contribution is 2.25. The van der Waals surface area contributed by atoms with Crippen LogP contribution in [0, 0.1) is 6.92 Å². The molecule has 0 aliphatic heterocycles. The van der Waals surface area contributed by atoms with Crippen LogP contribution < -0.4 is 5.32 Å². The van der Waals surface area contributed by atoms with Crippen molar-refractivity contribution in [2.75, 3.05) is 5.32 Å². The third-order valence-corrected chi connectivity index (χ3v) is 4.70. The van der Waals surface area contributed by atoms with Crippen molar-refractivity contribution in [1.29, 1.82) is 0 Å². The van der Waals surface area contributed by atoms with Crippen molar-refractivity contribution in [3.63, 3.8) is 0 Å². The number of hydrogen-bond donors (Lipinski definition) is 1. The zero-order chi connectivity index (χ0) is 17.9. The van der Waals surface area contributed by atoms with Crippen LogP contribution in [0.5, 0.6) is 0 Å². The summed E-state index contributed by atoms with van der Waals surface area (Å²) >= 11 is 1.45. The number of thiazole rings is 1. The van der Waals surface area contributed by atoms with Crippen molar-refractivity contribution in [1.82, 2.24) is 14.8 Å². The molecule has 4 aromatic rings. The van der Waals surface area contributed by atoms with Crippen molar-refractivity contribution in [2.45, 2.75) is 6.92 Å². The fourth-order valence-corrected chi connectivity index (χ4v) is 3.30. The molecule has 26 heavy (non-hydrogen) atoms. The molecular formula is C20H16N4OS. The van der Waals surface area contributed by atoms with Gasteiger partial charge in [-0.3, -0.25) is 10.1 Å². The SMILES string of the molecule is Cc1cnc(NC(=O)c2cn(-c3ccccc3)nc2-c2ccccc2)s1. The summed E-state index contributed by atoms with van der Waals surface area (Å²) in [5.74, 6) is -0.222. The molecule has 0 saturated carbocycles. The summed E-state index contributed by atoms with van der Waals surface area (Å²) in [4.78, 5) is 18.1. The largest absolute Gasteiger partial charge is 0.298 e. The molecule has 0 radical (unpaired) electrons. The van der Waals surface area contributed by atoms with E-state index in [1.54, 1.807) is 17.1 Å². The minimum atomic E-state index is -0.222. The van der Waals surface area contributed by atoms with Gasteiger partial charge in [0.15, 0.2) is 5.13 Å². The first-order valence-electron chi connectivity index (χ1n) is 8.15. The normalized spacial score (nSPS) is 10.7. The first-order chi connectivity index (χ1) is 12.7. The van der Waals surface area contributed by atoms with Crippen molar-refractivity contribution in [2.24, 2.45) is 0 Å². The van der Waals surface area contributed by atoms with Gasteiger partial charge in [0.2, 0.25) is 0 Å². The van der Waals surface area contributed by atoms with E-state index in [9.17, 15) is 4.79 Å². The number of nitrogens with zero attached hydrogens (tertiary/aromatic N) is 3. The molecule has 0 bridgehead atoms. The Hall–Kier alpha value is -3.25. The smallest absolute Gasteiger partial charge is 0.261 e. The monoisotopic (exact) mass is 360 g/mol. The van der Waals surface area contributed by atoms with Crippen LogP contribution in [0.1, 0.15) is 15.2 Å². The predicted molar refractivity (Wildman–Crippen MR) is 104 cm³/mol. The van der Waals surface area contributed by atoms with Crippen LogP contribution in [0.4, 0.5) is 5.13 Å². The van der Waals surface area contributed by atoms with Crippen LogP contribution in [0.15, 0.2) is 73.1 Å². The van der Waals surface area contributed by atoms with Crippen LogP contribution in [-0.4, -0.2) is 20.7 Å². The van der Waals surface area contributed by atoms with Gasteiger partial charge in [-0.1, -0.05) is 48.5 Å². The Bertz CT molecular complexity index is 1040. The van der Waals surface area contributed by atoms with Gasteiger partial charge in [-0.05, 0) is 19.1 Å². The second-order valence-corrected chi connectivity index (χ2v) is 7.00. The molecule has 0 aliphatic rings. The summed E-state index contributed by atoms with van der Waals surface area (Å²) < 4.78 is 1.73. The molecule has 0 aliphatic carbocycles. The Morgan fingerprint density at radius 1 is 1.04 bits per heavy atom. The molecule has 2 aromatic carbocycles. The fourth-order valence-electron chi connectivity index (χ4n) is 2.64. The van der Waals surface area contributed by atoms with Crippen LogP contribution in [-0.2, 0) is 0 Å². The minimum Gasteiger partial charge on any atom is -0.298 e. The highest BCUT2D eigenvalue weighted by Gasteiger charge is 2.19. The number of anilines is 1. The fraction of sp³-hybridized carbons (Fsp3) is 0.0500. The third-order valence-electron chi connectivity index (χ3n) is 3.87. The molecule has 128 valence electrons. The lowest BCUT2D eigenvalue weighted by Gasteiger charge is -2.02. The number of para-hydroxylation sites is 1. The van der Waals surface area contributed by atoms with E-state index in [0.29, 0.717) is 16.4 Å². The van der Waals surface area contributed by atoms with E-state index in [1.165, 1.54) is 11.3 Å². The summed E-state index contributed by atoms with van der Waals surface area (Å²) in [6.07, 6.45) is 3.50. The molecular weight excluding hydrogens is 344 g/mol. The van der Waals surface area contributed by atoms with E-state index in [1.807, 2.05) is 67.6 Å². The average Bonchev–Trinajstić information content (AvgIpc) is 3.30. The first-order valence-corrected chi connectivity index (χ1v) is 8.96. The number of rotatable bonds is 4. The summed E-state index contributed by atoms with van der Waals surface area (Å²) in [5, 5.41) is 8.11. The maximum atomic E-state index is 12.9. The van der Waals surface area contributed by atoms with Gasteiger partial charge in [-0.15, -0.1) is 11.3 Å². The first kappa shape index (κ1) is 16.2. The topological polar surface area (TPSA) is 59.8 Å². The van der Waals surface area contributed by atoms with E-state index in [0.717, 1.165) is 16.1 Å². The number of nitrogens with one attached hydrogen (secondary N) is 1. The maximum absolute atomic E-state index is 12.9. The zero-order valence-corrected chi connectivity index (χ0v) is 14.9. The lowest BCUT2D eigenvalue weighted by atomic mass is 10.1. The molecule has 4 rings (SSSR count). The number of hydrogen-bond acceptors (Lipinski definition) is 4. The van der Waals surface area contributed by atoms with Crippen molar-refractivity contribution < 1.29 is 4.79 Å². The molecule has 0 saturated heterocycles. The van der Waals surface area contributed by atoms with Crippen molar-refractivity contribution in [3.8, 4) is 16.9 Å². The van der Waals surface area contributed by atoms with Crippen molar-refractivity contribution >= 4 is 22.4 Å². The highest BCUT2D eigenvalue weighted by molar-refractivity contribution is 7.15. The zero-order valence-electron chi connectivity index (χ0n) is 14.1. The average molecular weight is 360 g/mol. The van der Waals surface area contributed by atoms with Crippen LogP contribution >= 0.6 is 11.3 Å². The van der Waals surface area contributed by atoms with E-state index >= 15 is 0 Å². The lowest BCUT2D eigenvalue weighted by molar-refractivity contribution is 0.102. The number of carbonyl (C=O) groups is 1. The van der Waals surface area contributed by atoms with E-state index in [2.05, 4.69) is 15.4 Å². The molecule has 5 nitrogen and oxygen atoms in total. The van der Waals surface area contributed by atoms with Gasteiger partial charge < -0.3 is 0 Å². The third kappa shape index (κ3) is 3.27.